The first-order valence-electron chi connectivity index (χ1n) is 8.45. The molecule has 1 aromatic rings. The van der Waals surface area contributed by atoms with Crippen LogP contribution in [0, 0.1) is 0 Å². The Morgan fingerprint density at radius 3 is 2.54 bits per heavy atom. The normalized spacial score (nSPS) is 17.9. The average molecular weight is 331 g/mol. The number of Topliss-reactive ketones (excluding diaryl/α,β-unsaturated/α-hetero) is 1. The number of rotatable bonds is 8. The lowest BCUT2D eigenvalue weighted by atomic mass is 9.98. The fourth-order valence-electron chi connectivity index (χ4n) is 2.99. The lowest BCUT2D eigenvalue weighted by molar-refractivity contribution is -0.129. The molecule has 6 nitrogen and oxygen atoms in total. The van der Waals surface area contributed by atoms with Crippen molar-refractivity contribution in [2.24, 2.45) is 0 Å². The summed E-state index contributed by atoms with van der Waals surface area (Å²) < 4.78 is 0. The summed E-state index contributed by atoms with van der Waals surface area (Å²) in [6.07, 6.45) is 1.87. The Kier molecular flexibility index (Phi) is 6.09. The van der Waals surface area contributed by atoms with E-state index in [1.54, 1.807) is 30.2 Å². The van der Waals surface area contributed by atoms with Crippen molar-refractivity contribution in [3.05, 3.63) is 41.4 Å². The van der Waals surface area contributed by atoms with Gasteiger partial charge in [-0.05, 0) is 25.2 Å². The maximum absolute atomic E-state index is 12.5. The molecule has 0 fully saturated rings. The summed E-state index contributed by atoms with van der Waals surface area (Å²) in [5, 5.41) is 10.3. The number of hydrogen-bond acceptors (Lipinski definition) is 5. The van der Waals surface area contributed by atoms with E-state index in [-0.39, 0.29) is 17.8 Å². The zero-order valence-electron chi connectivity index (χ0n) is 14.5. The van der Waals surface area contributed by atoms with Crippen LogP contribution in [0.1, 0.15) is 38.9 Å². The van der Waals surface area contributed by atoms with Gasteiger partial charge in [-0.1, -0.05) is 26.8 Å². The number of carbonyl (C=O) groups excluding carboxylic acids is 2. The molecule has 0 spiro atoms. The van der Waals surface area contributed by atoms with Crippen LogP contribution in [-0.2, 0) is 9.59 Å². The number of pyridine rings is 1. The van der Waals surface area contributed by atoms with Gasteiger partial charge in [-0.15, -0.1) is 0 Å². The van der Waals surface area contributed by atoms with Crippen LogP contribution in [0.5, 0.6) is 0 Å². The van der Waals surface area contributed by atoms with E-state index in [2.05, 4.69) is 23.7 Å². The van der Waals surface area contributed by atoms with E-state index in [0.29, 0.717) is 18.8 Å². The van der Waals surface area contributed by atoms with E-state index in [4.69, 9.17) is 0 Å². The van der Waals surface area contributed by atoms with Crippen LogP contribution in [0.15, 0.2) is 35.7 Å². The third-order valence-electron chi connectivity index (χ3n) is 4.44. The molecule has 0 bridgehead atoms. The Bertz CT molecular complexity index is 624. The number of nitrogens with zero attached hydrogens (tertiary/aromatic N) is 3. The molecular formula is C18H25N3O3. The number of hydrogen-bond donors (Lipinski definition) is 1. The molecule has 2 heterocycles. The van der Waals surface area contributed by atoms with E-state index in [0.717, 1.165) is 13.1 Å². The van der Waals surface area contributed by atoms with Gasteiger partial charge in [0, 0.05) is 25.7 Å². The number of amides is 1. The third kappa shape index (κ3) is 3.48. The predicted octanol–water partition coefficient (Wildman–Crippen LogP) is 2.10. The van der Waals surface area contributed by atoms with Crippen molar-refractivity contribution in [1.29, 1.82) is 0 Å². The minimum absolute atomic E-state index is 0.167. The summed E-state index contributed by atoms with van der Waals surface area (Å²) >= 11 is 0. The lowest BCUT2D eigenvalue weighted by Gasteiger charge is -2.28. The van der Waals surface area contributed by atoms with Gasteiger partial charge in [0.15, 0.2) is 11.5 Å². The van der Waals surface area contributed by atoms with Gasteiger partial charge in [0.25, 0.3) is 5.91 Å². The van der Waals surface area contributed by atoms with E-state index in [9.17, 15) is 14.7 Å². The zero-order valence-corrected chi connectivity index (χ0v) is 14.5. The first-order valence-corrected chi connectivity index (χ1v) is 8.45. The van der Waals surface area contributed by atoms with Crippen LogP contribution in [0.4, 0.5) is 0 Å². The number of aromatic nitrogens is 1. The Labute approximate surface area is 142 Å². The number of likely N-dealkylation sites (N-methyl/N-ethyl adjacent to an activating group) is 1. The van der Waals surface area contributed by atoms with Crippen LogP contribution in [0.3, 0.4) is 0 Å². The Morgan fingerprint density at radius 2 is 2.00 bits per heavy atom. The molecule has 24 heavy (non-hydrogen) atoms. The molecule has 130 valence electrons. The molecule has 1 N–H and O–H groups in total. The molecule has 0 aliphatic carbocycles. The highest BCUT2D eigenvalue weighted by Gasteiger charge is 2.43. The van der Waals surface area contributed by atoms with Crippen molar-refractivity contribution in [3.8, 4) is 0 Å². The van der Waals surface area contributed by atoms with Crippen molar-refractivity contribution in [1.82, 2.24) is 14.8 Å². The number of aliphatic hydroxyl groups excluding tert-OH is 1. The van der Waals surface area contributed by atoms with Gasteiger partial charge in [0.2, 0.25) is 0 Å². The van der Waals surface area contributed by atoms with E-state index in [1.807, 2.05) is 6.07 Å². The van der Waals surface area contributed by atoms with Gasteiger partial charge in [-0.2, -0.15) is 0 Å². The third-order valence-corrected chi connectivity index (χ3v) is 4.44. The largest absolute Gasteiger partial charge is 0.503 e. The molecule has 1 amide bonds. The van der Waals surface area contributed by atoms with Crippen LogP contribution in [0.25, 0.3) is 0 Å². The van der Waals surface area contributed by atoms with Crippen LogP contribution >= 0.6 is 0 Å². The molecule has 0 saturated heterocycles. The second-order valence-electron chi connectivity index (χ2n) is 5.72. The molecular weight excluding hydrogens is 306 g/mol. The standard InChI is InChI=1S/C18H25N3O3/c1-4-14(22)15-16(13-9-7-8-10-19-13)21(18(24)17(15)23)12-11-20(5-2)6-3/h7-10,16,23H,4-6,11-12H2,1-3H3. The smallest absolute Gasteiger partial charge is 0.290 e. The highest BCUT2D eigenvalue weighted by molar-refractivity contribution is 6.08. The van der Waals surface area contributed by atoms with Crippen molar-refractivity contribution in [2.45, 2.75) is 33.2 Å². The summed E-state index contributed by atoms with van der Waals surface area (Å²) in [6, 6.07) is 4.77. The fraction of sp³-hybridized carbons (Fsp3) is 0.500. The monoisotopic (exact) mass is 331 g/mol. The molecule has 1 unspecified atom stereocenters. The summed E-state index contributed by atoms with van der Waals surface area (Å²) in [6.45, 7) is 8.73. The highest BCUT2D eigenvalue weighted by atomic mass is 16.3. The molecule has 0 radical (unpaired) electrons. The maximum atomic E-state index is 12.5. The highest BCUT2D eigenvalue weighted by Crippen LogP contribution is 2.36. The number of aliphatic hydroxyl groups is 1. The summed E-state index contributed by atoms with van der Waals surface area (Å²) in [5.74, 6) is -1.14. The van der Waals surface area contributed by atoms with Crippen molar-refractivity contribution in [2.75, 3.05) is 26.2 Å². The van der Waals surface area contributed by atoms with Gasteiger partial charge in [-0.3, -0.25) is 14.6 Å². The minimum Gasteiger partial charge on any atom is -0.503 e. The molecule has 1 aliphatic rings. The minimum atomic E-state index is -0.610. The van der Waals surface area contributed by atoms with E-state index in [1.165, 1.54) is 0 Å². The van der Waals surface area contributed by atoms with Gasteiger partial charge in [-0.25, -0.2) is 0 Å². The second-order valence-corrected chi connectivity index (χ2v) is 5.72. The molecule has 6 heteroatoms. The molecule has 2 rings (SSSR count). The van der Waals surface area contributed by atoms with Gasteiger partial charge >= 0.3 is 0 Å². The molecule has 0 aromatic carbocycles. The fourth-order valence-corrected chi connectivity index (χ4v) is 2.99. The second kappa shape index (κ2) is 8.06. The SMILES string of the molecule is CCC(=O)C1=C(O)C(=O)N(CCN(CC)CC)C1c1ccccn1. The van der Waals surface area contributed by atoms with E-state index < -0.39 is 17.7 Å². The van der Waals surface area contributed by atoms with Crippen molar-refractivity contribution in [3.63, 3.8) is 0 Å². The lowest BCUT2D eigenvalue weighted by Crippen LogP contribution is -2.38. The number of ketones is 1. The molecule has 0 saturated carbocycles. The zero-order chi connectivity index (χ0) is 17.7. The Morgan fingerprint density at radius 1 is 1.29 bits per heavy atom. The van der Waals surface area contributed by atoms with Crippen LogP contribution in [-0.4, -0.2) is 57.8 Å². The van der Waals surface area contributed by atoms with E-state index >= 15 is 0 Å². The van der Waals surface area contributed by atoms with Crippen LogP contribution in [0.2, 0.25) is 0 Å². The first-order chi connectivity index (χ1) is 11.5. The van der Waals surface area contributed by atoms with Gasteiger partial charge in [0.05, 0.1) is 11.3 Å². The Hall–Kier alpha value is -2.21. The predicted molar refractivity (Wildman–Crippen MR) is 91.4 cm³/mol. The molecule has 1 aromatic heterocycles. The Balaban J connectivity index is 2.35. The molecule has 1 aliphatic heterocycles. The topological polar surface area (TPSA) is 73.7 Å². The first kappa shape index (κ1) is 18.1. The summed E-state index contributed by atoms with van der Waals surface area (Å²) in [7, 11) is 0. The molecule has 1 atom stereocenters. The maximum Gasteiger partial charge on any atom is 0.290 e. The average Bonchev–Trinajstić information content (AvgIpc) is 2.87. The quantitative estimate of drug-likeness (QED) is 0.790. The number of carbonyl (C=O) groups is 2. The van der Waals surface area contributed by atoms with Crippen molar-refractivity contribution < 1.29 is 14.7 Å². The van der Waals surface area contributed by atoms with Crippen LogP contribution < -0.4 is 0 Å². The summed E-state index contributed by atoms with van der Waals surface area (Å²) in [5.41, 5.74) is 0.770. The van der Waals surface area contributed by atoms with Gasteiger partial charge < -0.3 is 14.9 Å². The van der Waals surface area contributed by atoms with Crippen molar-refractivity contribution >= 4 is 11.7 Å². The van der Waals surface area contributed by atoms with Gasteiger partial charge in [0.1, 0.15) is 6.04 Å². The summed E-state index contributed by atoms with van der Waals surface area (Å²) in [4.78, 5) is 32.9.